The van der Waals surface area contributed by atoms with E-state index in [1.165, 1.54) is 44.5 Å². The van der Waals surface area contributed by atoms with Gasteiger partial charge in [-0.3, -0.25) is 0 Å². The number of para-hydroxylation sites is 3. The van der Waals surface area contributed by atoms with Crippen LogP contribution in [0.25, 0.3) is 177 Å². The van der Waals surface area contributed by atoms with E-state index >= 15 is 0 Å². The van der Waals surface area contributed by atoms with Crippen LogP contribution in [0.3, 0.4) is 0 Å². The van der Waals surface area contributed by atoms with E-state index in [0.717, 1.165) is 195 Å². The van der Waals surface area contributed by atoms with Crippen LogP contribution in [0.15, 0.2) is 419 Å². The van der Waals surface area contributed by atoms with Crippen molar-refractivity contribution in [3.8, 4) is 135 Å². The zero-order chi connectivity index (χ0) is 79.9. The standard InChI is InChI=1S/C115H69N5O2/c1-5-30-70(31-6-1)96-67-75(68-97(116-96)71-32-7-2-8-33-71)76-57-62-101(83-42-15-13-38-78(76)83)119-100-53-26-20-45-86(100)109-104(119)64-60-95-111(109)121-107-55-28-25-51-92(107)115(95)90-49-23-19-44-85(90)108-77(46-29-52-93(108)115)74-56-61-103-87(66-74)110-105(65-59-94-112(110)122-106-54-27-24-50-91(106)114(94)88-47-21-17-40-80(88)81-41-18-22-48-89(81)114)120(103)102-63-58-82(79-39-14-16-43-84(79)102)99-69-98(72-34-9-3-10-35-72)117-113(118-99)73-36-11-4-12-37-73/h1-69H. The molecule has 2 spiro atoms. The molecular weight excluding hydrogens is 1480 g/mol. The van der Waals surface area contributed by atoms with Gasteiger partial charge in [0.25, 0.3) is 0 Å². The van der Waals surface area contributed by atoms with E-state index in [1.807, 2.05) is 6.07 Å². The van der Waals surface area contributed by atoms with E-state index in [-0.39, 0.29) is 0 Å². The lowest BCUT2D eigenvalue weighted by molar-refractivity contribution is 0.442. The number of rotatable bonds is 9. The van der Waals surface area contributed by atoms with Gasteiger partial charge in [0.05, 0.1) is 77.8 Å². The lowest BCUT2D eigenvalue weighted by Gasteiger charge is -2.39. The van der Waals surface area contributed by atoms with Gasteiger partial charge in [-0.2, -0.15) is 0 Å². The molecule has 0 fully saturated rings. The Morgan fingerprint density at radius 3 is 1.18 bits per heavy atom. The number of benzene rings is 18. The fourth-order valence-electron chi connectivity index (χ4n) is 21.5. The summed E-state index contributed by atoms with van der Waals surface area (Å²) in [5, 5.41) is 8.69. The van der Waals surface area contributed by atoms with Crippen molar-refractivity contribution in [1.29, 1.82) is 0 Å². The number of pyridine rings is 1. The zero-order valence-electron chi connectivity index (χ0n) is 65.9. The molecular formula is C115H69N5O2. The van der Waals surface area contributed by atoms with Crippen molar-refractivity contribution in [3.05, 3.63) is 463 Å². The molecule has 4 aromatic heterocycles. The first-order valence-electron chi connectivity index (χ1n) is 41.9. The van der Waals surface area contributed by atoms with Gasteiger partial charge in [-0.05, 0) is 150 Å². The maximum atomic E-state index is 7.75. The lowest BCUT2D eigenvalue weighted by Crippen LogP contribution is -2.32. The summed E-state index contributed by atoms with van der Waals surface area (Å²) in [5.41, 5.74) is 32.0. The quantitative estimate of drug-likeness (QED) is 0.144. The van der Waals surface area contributed by atoms with Crippen molar-refractivity contribution in [2.45, 2.75) is 10.8 Å². The first-order valence-corrected chi connectivity index (χ1v) is 41.9. The molecule has 566 valence electrons. The molecule has 22 aromatic rings. The molecule has 0 amide bonds. The molecule has 7 nitrogen and oxygen atoms in total. The number of hydrogen-bond donors (Lipinski definition) is 0. The Labute approximate surface area is 703 Å². The molecule has 0 radical (unpaired) electrons. The predicted molar refractivity (Wildman–Crippen MR) is 496 cm³/mol. The van der Waals surface area contributed by atoms with Crippen LogP contribution in [0.2, 0.25) is 0 Å². The van der Waals surface area contributed by atoms with Crippen molar-refractivity contribution in [1.82, 2.24) is 24.1 Å². The van der Waals surface area contributed by atoms with E-state index in [9.17, 15) is 0 Å². The van der Waals surface area contributed by atoms with Crippen molar-refractivity contribution in [3.63, 3.8) is 0 Å². The molecule has 18 aromatic carbocycles. The van der Waals surface area contributed by atoms with Crippen molar-refractivity contribution in [2.24, 2.45) is 0 Å². The normalized spacial score (nSPS) is 14.1. The van der Waals surface area contributed by atoms with E-state index in [4.69, 9.17) is 24.4 Å². The second-order valence-electron chi connectivity index (χ2n) is 32.6. The van der Waals surface area contributed by atoms with Gasteiger partial charge in [-0.25, -0.2) is 15.0 Å². The molecule has 2 aliphatic carbocycles. The number of ether oxygens (including phenoxy) is 2. The second-order valence-corrected chi connectivity index (χ2v) is 32.6. The van der Waals surface area contributed by atoms with Crippen molar-refractivity contribution in [2.75, 3.05) is 0 Å². The fourth-order valence-corrected chi connectivity index (χ4v) is 21.5. The van der Waals surface area contributed by atoms with Crippen LogP contribution in [0.1, 0.15) is 44.5 Å². The van der Waals surface area contributed by atoms with E-state index in [2.05, 4.69) is 422 Å². The number of aromatic nitrogens is 5. The second kappa shape index (κ2) is 26.2. The third-order valence-electron chi connectivity index (χ3n) is 26.5. The van der Waals surface area contributed by atoms with Gasteiger partial charge >= 0.3 is 0 Å². The van der Waals surface area contributed by atoms with Gasteiger partial charge in [0.15, 0.2) is 5.82 Å². The van der Waals surface area contributed by atoms with Gasteiger partial charge in [-0.1, -0.05) is 346 Å². The predicted octanol–water partition coefficient (Wildman–Crippen LogP) is 29.0. The smallest absolute Gasteiger partial charge is 0.160 e. The lowest BCUT2D eigenvalue weighted by atomic mass is 9.65. The highest BCUT2D eigenvalue weighted by molar-refractivity contribution is 6.19. The van der Waals surface area contributed by atoms with Gasteiger partial charge in [0.1, 0.15) is 23.0 Å². The Balaban J connectivity index is 0.688. The highest BCUT2D eigenvalue weighted by atomic mass is 16.5. The third kappa shape index (κ3) is 9.58. The van der Waals surface area contributed by atoms with E-state index < -0.39 is 10.8 Å². The van der Waals surface area contributed by atoms with E-state index in [0.29, 0.717) is 5.82 Å². The summed E-state index contributed by atoms with van der Waals surface area (Å²) in [6.45, 7) is 0. The van der Waals surface area contributed by atoms with Crippen LogP contribution < -0.4 is 9.47 Å². The third-order valence-corrected chi connectivity index (χ3v) is 26.5. The molecule has 1 atom stereocenters. The molecule has 26 rings (SSSR count). The molecule has 1 unspecified atom stereocenters. The fraction of sp³-hybridized carbons (Fsp3) is 0.0174. The largest absolute Gasteiger partial charge is 0.456 e. The van der Waals surface area contributed by atoms with Crippen molar-refractivity contribution >= 4 is 65.2 Å². The Morgan fingerprint density at radius 1 is 0.205 bits per heavy atom. The Hall–Kier alpha value is -16.1. The first-order chi connectivity index (χ1) is 60.5. The summed E-state index contributed by atoms with van der Waals surface area (Å²) in [4.78, 5) is 16.0. The molecule has 0 saturated carbocycles. The van der Waals surface area contributed by atoms with Gasteiger partial charge in [0.2, 0.25) is 0 Å². The Bertz CT molecular complexity index is 8050. The minimum Gasteiger partial charge on any atom is -0.456 e. The molecule has 6 heterocycles. The van der Waals surface area contributed by atoms with Crippen molar-refractivity contribution < 1.29 is 9.47 Å². The SMILES string of the molecule is c1ccc(-c2cc(-c3ccc(-n4c5ccccc5c5c6c(ccc54)C4(c5ccccc5O6)c5ccccc5-c5c(-c6ccc7c(c6)c6c8c(ccc6n7-c6ccc(-c7cc(-c9ccccc9)nc(-c9ccccc9)n7)c7ccccc67)C6(c7ccccc7O8)c7ccccc7-c7ccccc76)cccc54)c4ccccc34)cc(-c3ccccc3)n2)cc1. The van der Waals surface area contributed by atoms with Gasteiger partial charge < -0.3 is 18.6 Å². The molecule has 2 aliphatic heterocycles. The van der Waals surface area contributed by atoms with Gasteiger partial charge in [-0.15, -0.1) is 0 Å². The van der Waals surface area contributed by atoms with Crippen LogP contribution in [0.5, 0.6) is 23.0 Å². The summed E-state index contributed by atoms with van der Waals surface area (Å²) in [6, 6.07) is 153. The maximum absolute atomic E-state index is 7.75. The average Bonchev–Trinajstić information content (AvgIpc) is 1.50. The molecule has 0 N–H and O–H groups in total. The zero-order valence-corrected chi connectivity index (χ0v) is 65.9. The first kappa shape index (κ1) is 68.0. The highest BCUT2D eigenvalue weighted by Gasteiger charge is 2.54. The summed E-state index contributed by atoms with van der Waals surface area (Å²) in [7, 11) is 0. The monoisotopic (exact) mass is 1550 g/mol. The maximum Gasteiger partial charge on any atom is 0.160 e. The number of hydrogen-bond acceptors (Lipinski definition) is 5. The highest BCUT2D eigenvalue weighted by Crippen LogP contribution is 2.67. The molecule has 7 heteroatoms. The van der Waals surface area contributed by atoms with E-state index in [1.54, 1.807) is 0 Å². The topological polar surface area (TPSA) is 67.0 Å². The minimum atomic E-state index is -0.826. The number of fused-ring (bicyclic) bond motifs is 28. The van der Waals surface area contributed by atoms with Gasteiger partial charge in [0, 0.05) is 71.6 Å². The molecule has 0 saturated heterocycles. The number of nitrogens with zero attached hydrogens (tertiary/aromatic N) is 5. The van der Waals surface area contributed by atoms with Crippen LogP contribution in [0, 0.1) is 0 Å². The van der Waals surface area contributed by atoms with Crippen LogP contribution in [0.4, 0.5) is 0 Å². The van der Waals surface area contributed by atoms with Crippen LogP contribution in [-0.4, -0.2) is 24.1 Å². The summed E-state index contributed by atoms with van der Waals surface area (Å²) >= 11 is 0. The average molecular weight is 1550 g/mol. The Morgan fingerprint density at radius 2 is 0.607 bits per heavy atom. The summed E-state index contributed by atoms with van der Waals surface area (Å²) in [6.07, 6.45) is 0. The molecule has 122 heavy (non-hydrogen) atoms. The van der Waals surface area contributed by atoms with Crippen LogP contribution in [-0.2, 0) is 10.8 Å². The Kier molecular flexibility index (Phi) is 14.6. The molecule has 4 aliphatic rings. The molecule has 0 bridgehead atoms. The van der Waals surface area contributed by atoms with Crippen LogP contribution >= 0.6 is 0 Å². The minimum absolute atomic E-state index is 0.669. The summed E-state index contributed by atoms with van der Waals surface area (Å²) in [5.74, 6) is 4.02. The summed E-state index contributed by atoms with van der Waals surface area (Å²) < 4.78 is 20.4.